The molecule has 3 N–H and O–H groups in total. The summed E-state index contributed by atoms with van der Waals surface area (Å²) in [5, 5.41) is 7.98. The molecule has 2 atom stereocenters. The van der Waals surface area contributed by atoms with Gasteiger partial charge < -0.3 is 34.7 Å². The zero-order valence-corrected chi connectivity index (χ0v) is 26.2. The van der Waals surface area contributed by atoms with Crippen LogP contribution >= 0.6 is 0 Å². The normalized spacial score (nSPS) is 14.5. The van der Waals surface area contributed by atoms with Crippen molar-refractivity contribution in [2.24, 2.45) is 0 Å². The van der Waals surface area contributed by atoms with Crippen molar-refractivity contribution in [3.8, 4) is 0 Å². The maximum Gasteiger partial charge on any atom is 0.408 e. The summed E-state index contributed by atoms with van der Waals surface area (Å²) in [7, 11) is 0. The van der Waals surface area contributed by atoms with Crippen molar-refractivity contribution in [2.75, 3.05) is 18.5 Å². The van der Waals surface area contributed by atoms with E-state index >= 15 is 0 Å². The SMILES string of the molecule is CC(=O)OCC(C1=CCCC=C1)n1cnc(NC(=O)C(COCc2ccccc2)NC(=O)C(C)(C)NC(=O)OC(C)(C)C)c1. The van der Waals surface area contributed by atoms with Crippen LogP contribution < -0.4 is 16.0 Å². The first-order valence-corrected chi connectivity index (χ1v) is 14.5. The van der Waals surface area contributed by atoms with Crippen LogP contribution in [-0.4, -0.2) is 63.8 Å². The van der Waals surface area contributed by atoms with E-state index in [0.717, 1.165) is 24.0 Å². The summed E-state index contributed by atoms with van der Waals surface area (Å²) in [6.07, 6.45) is 10.3. The third kappa shape index (κ3) is 11.0. The van der Waals surface area contributed by atoms with E-state index < -0.39 is 41.1 Å². The van der Waals surface area contributed by atoms with Crippen LogP contribution in [0, 0.1) is 0 Å². The van der Waals surface area contributed by atoms with Gasteiger partial charge in [-0.15, -0.1) is 0 Å². The number of ether oxygens (including phenoxy) is 3. The minimum absolute atomic E-state index is 0.0982. The number of anilines is 1. The molecule has 0 fully saturated rings. The molecule has 1 heterocycles. The Bertz CT molecular complexity index is 1360. The number of hydrogen-bond acceptors (Lipinski definition) is 8. The lowest BCUT2D eigenvalue weighted by molar-refractivity contribution is -0.141. The van der Waals surface area contributed by atoms with E-state index in [-0.39, 0.29) is 31.7 Å². The topological polar surface area (TPSA) is 150 Å². The molecule has 0 saturated heterocycles. The van der Waals surface area contributed by atoms with Crippen LogP contribution in [0.2, 0.25) is 0 Å². The minimum atomic E-state index is -1.41. The molecule has 2 unspecified atom stereocenters. The number of nitrogens with one attached hydrogen (secondary N) is 3. The molecule has 12 nitrogen and oxygen atoms in total. The molecule has 44 heavy (non-hydrogen) atoms. The second-order valence-electron chi connectivity index (χ2n) is 12.0. The molecule has 3 rings (SSSR count). The maximum absolute atomic E-state index is 13.5. The Hall–Kier alpha value is -4.45. The van der Waals surface area contributed by atoms with Crippen LogP contribution in [0.3, 0.4) is 0 Å². The molecule has 1 aromatic heterocycles. The van der Waals surface area contributed by atoms with Crippen molar-refractivity contribution in [1.29, 1.82) is 0 Å². The minimum Gasteiger partial charge on any atom is -0.463 e. The van der Waals surface area contributed by atoms with Gasteiger partial charge in [0.1, 0.15) is 23.8 Å². The largest absolute Gasteiger partial charge is 0.463 e. The summed E-state index contributed by atoms with van der Waals surface area (Å²) < 4.78 is 18.1. The van der Waals surface area contributed by atoms with Gasteiger partial charge in [-0.05, 0) is 58.6 Å². The van der Waals surface area contributed by atoms with Crippen LogP contribution in [-0.2, 0) is 35.2 Å². The smallest absolute Gasteiger partial charge is 0.408 e. The highest BCUT2D eigenvalue weighted by Crippen LogP contribution is 2.25. The second-order valence-corrected chi connectivity index (χ2v) is 12.0. The number of alkyl carbamates (subject to hydrolysis) is 1. The molecular formula is C32H43N5O7. The van der Waals surface area contributed by atoms with Crippen LogP contribution in [0.1, 0.15) is 66.0 Å². The molecule has 1 aromatic carbocycles. The Morgan fingerprint density at radius 2 is 1.75 bits per heavy atom. The molecule has 0 spiro atoms. The number of benzene rings is 1. The number of rotatable bonds is 13. The Morgan fingerprint density at radius 3 is 2.39 bits per heavy atom. The number of imidazole rings is 1. The lowest BCUT2D eigenvalue weighted by Crippen LogP contribution is -2.59. The zero-order chi connectivity index (χ0) is 32.3. The first kappa shape index (κ1) is 34.0. The summed E-state index contributed by atoms with van der Waals surface area (Å²) in [5.74, 6) is -1.35. The van der Waals surface area contributed by atoms with Crippen molar-refractivity contribution in [3.05, 3.63) is 72.2 Å². The van der Waals surface area contributed by atoms with Crippen LogP contribution in [0.5, 0.6) is 0 Å². The van der Waals surface area contributed by atoms with Crippen LogP contribution in [0.25, 0.3) is 0 Å². The van der Waals surface area contributed by atoms with Gasteiger partial charge in [0.25, 0.3) is 5.91 Å². The number of nitrogens with zero attached hydrogens (tertiary/aromatic N) is 2. The van der Waals surface area contributed by atoms with Gasteiger partial charge in [-0.1, -0.05) is 48.6 Å². The number of allylic oxidation sites excluding steroid dienone is 3. The molecule has 238 valence electrons. The number of carbonyl (C=O) groups is 4. The number of carbonyl (C=O) groups excluding carboxylic acids is 4. The summed E-state index contributed by atoms with van der Waals surface area (Å²) in [6.45, 7) is 9.67. The highest BCUT2D eigenvalue weighted by Gasteiger charge is 2.34. The van der Waals surface area contributed by atoms with E-state index in [1.165, 1.54) is 20.8 Å². The Morgan fingerprint density at radius 1 is 1.02 bits per heavy atom. The quantitative estimate of drug-likeness (QED) is 0.286. The van der Waals surface area contributed by atoms with Gasteiger partial charge in [-0.25, -0.2) is 9.78 Å². The van der Waals surface area contributed by atoms with Gasteiger partial charge in [0.05, 0.1) is 25.6 Å². The molecule has 0 aliphatic heterocycles. The molecule has 2 aromatic rings. The standard InChI is InChI=1S/C32H43N5O7/c1-22(38)43-20-26(24-15-11-8-12-16-24)37-17-27(33-21-37)35-28(39)25(19-42-18-23-13-9-7-10-14-23)34-29(40)32(5,6)36-30(41)44-31(2,3)4/h7,9-11,13-17,21,25-26H,8,12,18-20H2,1-6H3,(H,34,40)(H,35,39)(H,36,41). The molecule has 0 bridgehead atoms. The van der Waals surface area contributed by atoms with E-state index in [2.05, 4.69) is 33.1 Å². The van der Waals surface area contributed by atoms with E-state index in [1.54, 1.807) is 37.9 Å². The van der Waals surface area contributed by atoms with Crippen molar-refractivity contribution in [1.82, 2.24) is 20.2 Å². The maximum atomic E-state index is 13.5. The highest BCUT2D eigenvalue weighted by molar-refractivity contribution is 5.98. The summed E-state index contributed by atoms with van der Waals surface area (Å²) in [4.78, 5) is 54.9. The molecule has 0 radical (unpaired) electrons. The predicted molar refractivity (Wildman–Crippen MR) is 164 cm³/mol. The van der Waals surface area contributed by atoms with E-state index in [0.29, 0.717) is 0 Å². The summed E-state index contributed by atoms with van der Waals surface area (Å²) in [5.41, 5.74) is -0.303. The van der Waals surface area contributed by atoms with Gasteiger partial charge in [0, 0.05) is 13.1 Å². The number of amides is 3. The van der Waals surface area contributed by atoms with E-state index in [9.17, 15) is 19.2 Å². The van der Waals surface area contributed by atoms with Gasteiger partial charge in [-0.3, -0.25) is 14.4 Å². The van der Waals surface area contributed by atoms with Crippen molar-refractivity contribution >= 4 is 29.7 Å². The van der Waals surface area contributed by atoms with Crippen LogP contribution in [0.15, 0.2) is 66.7 Å². The van der Waals surface area contributed by atoms with Crippen LogP contribution in [0.4, 0.5) is 10.6 Å². The first-order chi connectivity index (χ1) is 20.7. The second kappa shape index (κ2) is 15.3. The average molecular weight is 610 g/mol. The Balaban J connectivity index is 1.74. The molecule has 0 saturated carbocycles. The zero-order valence-electron chi connectivity index (χ0n) is 26.2. The van der Waals surface area contributed by atoms with Gasteiger partial charge in [0.15, 0.2) is 5.82 Å². The molecule has 1 aliphatic rings. The lowest BCUT2D eigenvalue weighted by atomic mass is 10.0. The summed E-state index contributed by atoms with van der Waals surface area (Å²) >= 11 is 0. The monoisotopic (exact) mass is 609 g/mol. The molecule has 12 heteroatoms. The van der Waals surface area contributed by atoms with Crippen molar-refractivity contribution in [3.63, 3.8) is 0 Å². The van der Waals surface area contributed by atoms with Crippen molar-refractivity contribution in [2.45, 2.75) is 84.2 Å². The number of aromatic nitrogens is 2. The fraction of sp³-hybridized carbons (Fsp3) is 0.469. The molecule has 3 amide bonds. The van der Waals surface area contributed by atoms with E-state index in [4.69, 9.17) is 14.2 Å². The molecule has 1 aliphatic carbocycles. The van der Waals surface area contributed by atoms with Gasteiger partial charge >= 0.3 is 12.1 Å². The highest BCUT2D eigenvalue weighted by atomic mass is 16.6. The average Bonchev–Trinajstić information content (AvgIpc) is 3.40. The third-order valence-electron chi connectivity index (χ3n) is 6.46. The number of hydrogen-bond donors (Lipinski definition) is 3. The number of esters is 1. The van der Waals surface area contributed by atoms with Gasteiger partial charge in [-0.2, -0.15) is 0 Å². The fourth-order valence-corrected chi connectivity index (χ4v) is 4.22. The molecular weight excluding hydrogens is 566 g/mol. The Kier molecular flexibility index (Phi) is 11.9. The third-order valence-corrected chi connectivity index (χ3v) is 6.46. The first-order valence-electron chi connectivity index (χ1n) is 14.5. The predicted octanol–water partition coefficient (Wildman–Crippen LogP) is 4.21. The van der Waals surface area contributed by atoms with Crippen molar-refractivity contribution < 1.29 is 33.4 Å². The summed E-state index contributed by atoms with van der Waals surface area (Å²) in [6, 6.07) is 7.94. The fourth-order valence-electron chi connectivity index (χ4n) is 4.22. The lowest BCUT2D eigenvalue weighted by Gasteiger charge is -2.29. The van der Waals surface area contributed by atoms with Gasteiger partial charge in [0.2, 0.25) is 5.91 Å². The van der Waals surface area contributed by atoms with E-state index in [1.807, 2.05) is 36.4 Å². The Labute approximate surface area is 258 Å².